The van der Waals surface area contributed by atoms with E-state index < -0.39 is 0 Å². The number of ether oxygens (including phenoxy) is 1. The lowest BCUT2D eigenvalue weighted by atomic mass is 10.1. The van der Waals surface area contributed by atoms with Gasteiger partial charge in [-0.3, -0.25) is 0 Å². The van der Waals surface area contributed by atoms with E-state index in [1.165, 1.54) is 0 Å². The van der Waals surface area contributed by atoms with E-state index in [1.54, 1.807) is 7.11 Å². The molecular formula is C18H15ClN2O. The fraction of sp³-hybridized carbons (Fsp3) is 0.167. The zero-order valence-corrected chi connectivity index (χ0v) is 13.2. The van der Waals surface area contributed by atoms with Crippen LogP contribution < -0.4 is 4.74 Å². The van der Waals surface area contributed by atoms with Crippen LogP contribution in [0.5, 0.6) is 5.75 Å². The molecule has 0 atom stereocenters. The van der Waals surface area contributed by atoms with Crippen molar-refractivity contribution in [2.75, 3.05) is 7.11 Å². The Labute approximate surface area is 134 Å². The van der Waals surface area contributed by atoms with Gasteiger partial charge in [-0.2, -0.15) is 5.26 Å². The van der Waals surface area contributed by atoms with Gasteiger partial charge in [0.1, 0.15) is 11.8 Å². The van der Waals surface area contributed by atoms with Crippen molar-refractivity contribution in [3.63, 3.8) is 0 Å². The maximum Gasteiger partial charge on any atom is 0.120 e. The van der Waals surface area contributed by atoms with Gasteiger partial charge in [0.15, 0.2) is 0 Å². The zero-order valence-electron chi connectivity index (χ0n) is 12.4. The first kappa shape index (κ1) is 14.5. The van der Waals surface area contributed by atoms with Gasteiger partial charge in [0, 0.05) is 28.6 Å². The van der Waals surface area contributed by atoms with Crippen LogP contribution in [0.1, 0.15) is 12.5 Å². The van der Waals surface area contributed by atoms with Gasteiger partial charge in [-0.15, -0.1) is 0 Å². The second-order valence-electron chi connectivity index (χ2n) is 4.97. The molecule has 0 aliphatic carbocycles. The van der Waals surface area contributed by atoms with Crippen LogP contribution in [0.3, 0.4) is 0 Å². The fourth-order valence-electron chi connectivity index (χ4n) is 2.83. The van der Waals surface area contributed by atoms with E-state index in [9.17, 15) is 5.26 Å². The Balaban J connectivity index is 2.40. The summed E-state index contributed by atoms with van der Waals surface area (Å²) >= 11 is 6.12. The Morgan fingerprint density at radius 1 is 1.23 bits per heavy atom. The van der Waals surface area contributed by atoms with E-state index in [1.807, 2.05) is 42.5 Å². The summed E-state index contributed by atoms with van der Waals surface area (Å²) < 4.78 is 7.44. The lowest BCUT2D eigenvalue weighted by Gasteiger charge is -2.09. The first-order valence-corrected chi connectivity index (χ1v) is 7.43. The number of methoxy groups -OCH3 is 1. The Kier molecular flexibility index (Phi) is 3.79. The number of hydrogen-bond acceptors (Lipinski definition) is 2. The number of rotatable bonds is 3. The van der Waals surface area contributed by atoms with Crippen molar-refractivity contribution in [3.8, 4) is 23.1 Å². The molecule has 0 fully saturated rings. The van der Waals surface area contributed by atoms with Crippen LogP contribution >= 0.6 is 11.6 Å². The van der Waals surface area contributed by atoms with E-state index in [0.717, 1.165) is 34.5 Å². The second-order valence-corrected chi connectivity index (χ2v) is 5.41. The number of halogens is 1. The number of fused-ring (bicyclic) bond motifs is 1. The topological polar surface area (TPSA) is 38.0 Å². The average Bonchev–Trinajstić information content (AvgIpc) is 2.87. The van der Waals surface area contributed by atoms with E-state index in [4.69, 9.17) is 16.3 Å². The standard InChI is InChI=1S/C18H15ClN2O/c1-3-21-17-10-14(22-2)7-8-15(17)16(11-20)18(21)12-5-4-6-13(19)9-12/h4-10H,3H2,1-2H3. The fourth-order valence-corrected chi connectivity index (χ4v) is 3.02. The minimum atomic E-state index is 0.659. The molecule has 0 aliphatic heterocycles. The number of aromatic nitrogens is 1. The second kappa shape index (κ2) is 5.75. The highest BCUT2D eigenvalue weighted by Gasteiger charge is 2.18. The first-order valence-electron chi connectivity index (χ1n) is 7.05. The van der Waals surface area contributed by atoms with Crippen molar-refractivity contribution >= 4 is 22.5 Å². The summed E-state index contributed by atoms with van der Waals surface area (Å²) in [6.07, 6.45) is 0. The van der Waals surface area contributed by atoms with Crippen molar-refractivity contribution in [3.05, 3.63) is 53.1 Å². The molecule has 0 spiro atoms. The van der Waals surface area contributed by atoms with Gasteiger partial charge in [0.25, 0.3) is 0 Å². The molecule has 2 aromatic carbocycles. The molecule has 1 aromatic heterocycles. The van der Waals surface area contributed by atoms with Crippen molar-refractivity contribution in [2.45, 2.75) is 13.5 Å². The third kappa shape index (κ3) is 2.22. The molecule has 0 bridgehead atoms. The first-order chi connectivity index (χ1) is 10.7. The lowest BCUT2D eigenvalue weighted by Crippen LogP contribution is -1.97. The Bertz CT molecular complexity index is 890. The number of aryl methyl sites for hydroxylation is 1. The maximum absolute atomic E-state index is 9.65. The Hall–Kier alpha value is -2.44. The predicted octanol–water partition coefficient (Wildman–Crippen LogP) is 4.86. The summed E-state index contributed by atoms with van der Waals surface area (Å²) in [6.45, 7) is 2.82. The van der Waals surface area contributed by atoms with E-state index in [-0.39, 0.29) is 0 Å². The third-order valence-corrected chi connectivity index (χ3v) is 4.03. The predicted molar refractivity (Wildman–Crippen MR) is 89.3 cm³/mol. The number of benzene rings is 2. The van der Waals surface area contributed by atoms with Crippen molar-refractivity contribution in [2.24, 2.45) is 0 Å². The maximum atomic E-state index is 9.65. The van der Waals surface area contributed by atoms with Crippen LogP contribution in [-0.2, 0) is 6.54 Å². The molecule has 110 valence electrons. The normalized spacial score (nSPS) is 10.6. The van der Waals surface area contributed by atoms with Gasteiger partial charge >= 0.3 is 0 Å². The summed E-state index contributed by atoms with van der Waals surface area (Å²) in [4.78, 5) is 0. The molecule has 3 nitrogen and oxygen atoms in total. The van der Waals surface area contributed by atoms with Crippen LogP contribution in [0.4, 0.5) is 0 Å². The highest BCUT2D eigenvalue weighted by Crippen LogP contribution is 2.35. The summed E-state index contributed by atoms with van der Waals surface area (Å²) in [5, 5.41) is 11.2. The molecule has 0 amide bonds. The summed E-state index contributed by atoms with van der Waals surface area (Å²) in [6, 6.07) is 15.7. The van der Waals surface area contributed by atoms with Gasteiger partial charge in [-0.25, -0.2) is 0 Å². The minimum Gasteiger partial charge on any atom is -0.497 e. The highest BCUT2D eigenvalue weighted by atomic mass is 35.5. The van der Waals surface area contributed by atoms with E-state index in [0.29, 0.717) is 10.6 Å². The molecule has 0 aliphatic rings. The van der Waals surface area contributed by atoms with Crippen molar-refractivity contribution < 1.29 is 4.74 Å². The monoisotopic (exact) mass is 310 g/mol. The van der Waals surface area contributed by atoms with E-state index in [2.05, 4.69) is 17.6 Å². The molecule has 0 saturated carbocycles. The SMILES string of the molecule is CCn1c(-c2cccc(Cl)c2)c(C#N)c2ccc(OC)cc21. The lowest BCUT2D eigenvalue weighted by molar-refractivity contribution is 0.415. The molecule has 4 heteroatoms. The van der Waals surface area contributed by atoms with Gasteiger partial charge in [-0.1, -0.05) is 23.7 Å². The molecule has 22 heavy (non-hydrogen) atoms. The van der Waals surface area contributed by atoms with Gasteiger partial charge in [0.05, 0.1) is 23.9 Å². The summed E-state index contributed by atoms with van der Waals surface area (Å²) in [5.74, 6) is 0.779. The molecular weight excluding hydrogens is 296 g/mol. The van der Waals surface area contributed by atoms with E-state index >= 15 is 0 Å². The van der Waals surface area contributed by atoms with Crippen LogP contribution in [-0.4, -0.2) is 11.7 Å². The number of nitrogens with zero attached hydrogens (tertiary/aromatic N) is 2. The summed E-state index contributed by atoms with van der Waals surface area (Å²) in [5.41, 5.74) is 3.51. The summed E-state index contributed by atoms with van der Waals surface area (Å²) in [7, 11) is 1.64. The molecule has 3 rings (SSSR count). The van der Waals surface area contributed by atoms with Crippen molar-refractivity contribution in [1.82, 2.24) is 4.57 Å². The molecule has 0 unspecified atom stereocenters. The molecule has 0 radical (unpaired) electrons. The van der Waals surface area contributed by atoms with Crippen LogP contribution in [0, 0.1) is 11.3 Å². The van der Waals surface area contributed by atoms with Crippen LogP contribution in [0.25, 0.3) is 22.2 Å². The average molecular weight is 311 g/mol. The Morgan fingerprint density at radius 2 is 2.05 bits per heavy atom. The highest BCUT2D eigenvalue weighted by molar-refractivity contribution is 6.30. The molecule has 0 N–H and O–H groups in total. The van der Waals surface area contributed by atoms with Crippen molar-refractivity contribution in [1.29, 1.82) is 5.26 Å². The number of nitriles is 1. The zero-order chi connectivity index (χ0) is 15.7. The largest absolute Gasteiger partial charge is 0.497 e. The van der Waals surface area contributed by atoms with Gasteiger partial charge in [0.2, 0.25) is 0 Å². The smallest absolute Gasteiger partial charge is 0.120 e. The van der Waals surface area contributed by atoms with Gasteiger partial charge in [-0.05, 0) is 31.2 Å². The van der Waals surface area contributed by atoms with Crippen LogP contribution in [0.15, 0.2) is 42.5 Å². The Morgan fingerprint density at radius 3 is 2.68 bits per heavy atom. The molecule has 0 saturated heterocycles. The molecule has 3 aromatic rings. The quantitative estimate of drug-likeness (QED) is 0.692. The minimum absolute atomic E-state index is 0.659. The molecule has 1 heterocycles. The van der Waals surface area contributed by atoms with Gasteiger partial charge < -0.3 is 9.30 Å². The third-order valence-electron chi connectivity index (χ3n) is 3.80. The van der Waals surface area contributed by atoms with Crippen LogP contribution in [0.2, 0.25) is 5.02 Å². The number of hydrogen-bond donors (Lipinski definition) is 0.